The molecule has 112 valence electrons. The summed E-state index contributed by atoms with van der Waals surface area (Å²) in [6.45, 7) is -0.905. The van der Waals surface area contributed by atoms with Gasteiger partial charge in [0.2, 0.25) is 5.91 Å². The standard InChI is InChI=1S/C12H15F3N2O3/c13-12(14,15)10(18)7-17-11(19)5-6-20-9-4-2-1-3-8(9)16/h1-4,10,18H,5-7,16H2,(H,17,19). The molecule has 5 nitrogen and oxygen atoms in total. The molecule has 0 aliphatic carbocycles. The maximum absolute atomic E-state index is 12.0. The summed E-state index contributed by atoms with van der Waals surface area (Å²) in [6.07, 6.45) is -7.46. The number of rotatable bonds is 6. The first-order valence-corrected chi connectivity index (χ1v) is 5.79. The van der Waals surface area contributed by atoms with Crippen molar-refractivity contribution in [1.82, 2.24) is 5.32 Å². The molecule has 0 aliphatic rings. The summed E-state index contributed by atoms with van der Waals surface area (Å²) in [5, 5.41) is 10.7. The largest absolute Gasteiger partial charge is 0.491 e. The normalized spacial score (nSPS) is 12.8. The molecule has 0 aromatic heterocycles. The Morgan fingerprint density at radius 3 is 2.65 bits per heavy atom. The van der Waals surface area contributed by atoms with Crippen LogP contribution < -0.4 is 15.8 Å². The van der Waals surface area contributed by atoms with Crippen molar-refractivity contribution in [2.45, 2.75) is 18.7 Å². The summed E-state index contributed by atoms with van der Waals surface area (Å²) in [6, 6.07) is 6.65. The molecule has 1 amide bonds. The number of aliphatic hydroxyl groups is 1. The lowest BCUT2D eigenvalue weighted by atomic mass is 10.3. The van der Waals surface area contributed by atoms with Crippen molar-refractivity contribution in [3.63, 3.8) is 0 Å². The number of ether oxygens (including phenoxy) is 1. The molecule has 20 heavy (non-hydrogen) atoms. The first kappa shape index (κ1) is 16.1. The SMILES string of the molecule is Nc1ccccc1OCCC(=O)NCC(O)C(F)(F)F. The van der Waals surface area contributed by atoms with Gasteiger partial charge in [0.05, 0.1) is 25.3 Å². The van der Waals surface area contributed by atoms with Crippen molar-refractivity contribution in [1.29, 1.82) is 0 Å². The molecule has 1 atom stereocenters. The number of nitrogens with two attached hydrogens (primary N) is 1. The van der Waals surface area contributed by atoms with Gasteiger partial charge in [-0.2, -0.15) is 13.2 Å². The van der Waals surface area contributed by atoms with Crippen molar-refractivity contribution in [2.24, 2.45) is 0 Å². The van der Waals surface area contributed by atoms with E-state index in [-0.39, 0.29) is 13.0 Å². The average Bonchev–Trinajstić information content (AvgIpc) is 2.37. The zero-order chi connectivity index (χ0) is 15.2. The van der Waals surface area contributed by atoms with Gasteiger partial charge in [0.1, 0.15) is 5.75 Å². The number of benzene rings is 1. The second kappa shape index (κ2) is 6.99. The summed E-state index contributed by atoms with van der Waals surface area (Å²) in [5.74, 6) is -0.251. The van der Waals surface area contributed by atoms with E-state index in [9.17, 15) is 18.0 Å². The predicted octanol–water partition coefficient (Wildman–Crippen LogP) is 1.08. The Morgan fingerprint density at radius 2 is 2.05 bits per heavy atom. The molecule has 0 fully saturated rings. The minimum atomic E-state index is -4.75. The molecule has 0 saturated heterocycles. The van der Waals surface area contributed by atoms with Crippen molar-refractivity contribution in [2.75, 3.05) is 18.9 Å². The Bertz CT molecular complexity index is 452. The van der Waals surface area contributed by atoms with Crippen molar-refractivity contribution >= 4 is 11.6 Å². The molecular formula is C12H15F3N2O3. The van der Waals surface area contributed by atoms with E-state index < -0.39 is 24.7 Å². The Hall–Kier alpha value is -1.96. The number of hydrogen-bond acceptors (Lipinski definition) is 4. The molecule has 0 bridgehead atoms. The maximum atomic E-state index is 12.0. The molecular weight excluding hydrogens is 277 g/mol. The molecule has 0 aliphatic heterocycles. The number of amides is 1. The average molecular weight is 292 g/mol. The molecule has 0 spiro atoms. The molecule has 0 heterocycles. The fourth-order valence-corrected chi connectivity index (χ4v) is 1.28. The third-order valence-corrected chi connectivity index (χ3v) is 2.38. The lowest BCUT2D eigenvalue weighted by Gasteiger charge is -2.15. The molecule has 1 unspecified atom stereocenters. The maximum Gasteiger partial charge on any atom is 0.416 e. The second-order valence-corrected chi connectivity index (χ2v) is 4.00. The molecule has 8 heteroatoms. The fourth-order valence-electron chi connectivity index (χ4n) is 1.28. The lowest BCUT2D eigenvalue weighted by molar-refractivity contribution is -0.201. The number of hydrogen-bond donors (Lipinski definition) is 3. The quantitative estimate of drug-likeness (QED) is 0.685. The Kier molecular flexibility index (Phi) is 5.63. The molecule has 0 radical (unpaired) electrons. The fraction of sp³-hybridized carbons (Fsp3) is 0.417. The number of nitrogen functional groups attached to an aromatic ring is 1. The summed E-state index contributed by atoms with van der Waals surface area (Å²) >= 11 is 0. The van der Waals surface area contributed by atoms with Gasteiger partial charge in [-0.25, -0.2) is 0 Å². The zero-order valence-corrected chi connectivity index (χ0v) is 10.5. The van der Waals surface area contributed by atoms with Gasteiger partial charge in [0.15, 0.2) is 6.10 Å². The van der Waals surface area contributed by atoms with Gasteiger partial charge in [0.25, 0.3) is 0 Å². The number of carbonyl (C=O) groups excluding carboxylic acids is 1. The van der Waals surface area contributed by atoms with Gasteiger partial charge in [-0.1, -0.05) is 12.1 Å². The van der Waals surface area contributed by atoms with E-state index in [1.54, 1.807) is 24.3 Å². The third-order valence-electron chi connectivity index (χ3n) is 2.38. The van der Waals surface area contributed by atoms with Gasteiger partial charge < -0.3 is 20.9 Å². The van der Waals surface area contributed by atoms with Crippen LogP contribution in [0.25, 0.3) is 0 Å². The van der Waals surface area contributed by atoms with E-state index in [0.717, 1.165) is 0 Å². The van der Waals surface area contributed by atoms with Crippen LogP contribution in [0.15, 0.2) is 24.3 Å². The number of alkyl halides is 3. The minimum Gasteiger partial charge on any atom is -0.491 e. The van der Waals surface area contributed by atoms with E-state index in [1.165, 1.54) is 0 Å². The number of nitrogens with one attached hydrogen (secondary N) is 1. The summed E-state index contributed by atoms with van der Waals surface area (Å²) in [7, 11) is 0. The van der Waals surface area contributed by atoms with Gasteiger partial charge in [-0.05, 0) is 12.1 Å². The molecule has 0 saturated carbocycles. The van der Waals surface area contributed by atoms with Crippen LogP contribution in [0.5, 0.6) is 5.75 Å². The van der Waals surface area contributed by atoms with Crippen LogP contribution in [-0.2, 0) is 4.79 Å². The third kappa shape index (κ3) is 5.35. The summed E-state index contributed by atoms with van der Waals surface area (Å²) < 4.78 is 41.1. The van der Waals surface area contributed by atoms with Crippen molar-refractivity contribution in [3.8, 4) is 5.75 Å². The highest BCUT2D eigenvalue weighted by atomic mass is 19.4. The van der Waals surface area contributed by atoms with Crippen LogP contribution in [0.1, 0.15) is 6.42 Å². The molecule has 1 aromatic rings. The van der Waals surface area contributed by atoms with Gasteiger partial charge >= 0.3 is 6.18 Å². The number of aliphatic hydroxyl groups excluding tert-OH is 1. The Balaban J connectivity index is 2.26. The monoisotopic (exact) mass is 292 g/mol. The van der Waals surface area contributed by atoms with Gasteiger partial charge in [0, 0.05) is 0 Å². The van der Waals surface area contributed by atoms with Gasteiger partial charge in [-0.3, -0.25) is 4.79 Å². The van der Waals surface area contributed by atoms with Crippen LogP contribution in [-0.4, -0.2) is 36.4 Å². The lowest BCUT2D eigenvalue weighted by Crippen LogP contribution is -2.40. The number of halogens is 3. The van der Waals surface area contributed by atoms with Crippen LogP contribution in [0.3, 0.4) is 0 Å². The van der Waals surface area contributed by atoms with E-state index in [1.807, 2.05) is 5.32 Å². The predicted molar refractivity (Wildman–Crippen MR) is 66.0 cm³/mol. The van der Waals surface area contributed by atoms with Gasteiger partial charge in [-0.15, -0.1) is 0 Å². The first-order valence-electron chi connectivity index (χ1n) is 5.79. The van der Waals surface area contributed by atoms with E-state index in [0.29, 0.717) is 11.4 Å². The van der Waals surface area contributed by atoms with Crippen LogP contribution in [0, 0.1) is 0 Å². The number of anilines is 1. The Labute approximate surface area is 113 Å². The highest BCUT2D eigenvalue weighted by Gasteiger charge is 2.38. The van der Waals surface area contributed by atoms with Crippen LogP contribution in [0.2, 0.25) is 0 Å². The van der Waals surface area contributed by atoms with E-state index in [2.05, 4.69) is 0 Å². The van der Waals surface area contributed by atoms with E-state index in [4.69, 9.17) is 15.6 Å². The smallest absolute Gasteiger partial charge is 0.416 e. The van der Waals surface area contributed by atoms with E-state index >= 15 is 0 Å². The summed E-state index contributed by atoms with van der Waals surface area (Å²) in [4.78, 5) is 11.2. The number of carbonyl (C=O) groups is 1. The minimum absolute atomic E-state index is 0.0256. The van der Waals surface area contributed by atoms with Crippen molar-refractivity contribution < 1.29 is 27.8 Å². The zero-order valence-electron chi connectivity index (χ0n) is 10.5. The van der Waals surface area contributed by atoms with Crippen LogP contribution in [0.4, 0.5) is 18.9 Å². The van der Waals surface area contributed by atoms with Crippen LogP contribution >= 0.6 is 0 Å². The highest BCUT2D eigenvalue weighted by molar-refractivity contribution is 5.76. The summed E-state index contributed by atoms with van der Waals surface area (Å²) in [5.41, 5.74) is 6.00. The molecule has 1 aromatic carbocycles. The molecule has 4 N–H and O–H groups in total. The topological polar surface area (TPSA) is 84.6 Å². The van der Waals surface area contributed by atoms with Crippen molar-refractivity contribution in [3.05, 3.63) is 24.3 Å². The highest BCUT2D eigenvalue weighted by Crippen LogP contribution is 2.20. The molecule has 1 rings (SSSR count). The number of para-hydroxylation sites is 2. The second-order valence-electron chi connectivity index (χ2n) is 4.00. The first-order chi connectivity index (χ1) is 9.30. The Morgan fingerprint density at radius 1 is 1.40 bits per heavy atom.